The molecule has 1 aromatic heterocycles. The number of hydrogen-bond donors (Lipinski definition) is 1. The number of nitrogens with zero attached hydrogens (tertiary/aromatic N) is 1. The predicted molar refractivity (Wildman–Crippen MR) is 81.0 cm³/mol. The minimum Gasteiger partial charge on any atom is -0.320 e. The molecule has 0 aliphatic heterocycles. The minimum atomic E-state index is 0.448. The van der Waals surface area contributed by atoms with Gasteiger partial charge in [0.2, 0.25) is 0 Å². The van der Waals surface area contributed by atoms with E-state index in [0.29, 0.717) is 6.54 Å². The first-order valence-corrected chi connectivity index (χ1v) is 8.21. The van der Waals surface area contributed by atoms with Crippen LogP contribution in [0.5, 0.6) is 0 Å². The molecule has 3 rings (SSSR count). The van der Waals surface area contributed by atoms with Gasteiger partial charge in [0.05, 0.1) is 6.54 Å². The Morgan fingerprint density at radius 2 is 1.89 bits per heavy atom. The predicted octanol–water partition coefficient (Wildman–Crippen LogP) is 2.68. The normalized spacial score (nSPS) is 18.4. The molecule has 0 unspecified atom stereocenters. The molecule has 2 saturated carbocycles. The van der Waals surface area contributed by atoms with E-state index < -0.39 is 0 Å². The average molecular weight is 274 g/mol. The largest absolute Gasteiger partial charge is 0.320 e. The Morgan fingerprint density at radius 3 is 2.47 bits per heavy atom. The van der Waals surface area contributed by atoms with E-state index in [2.05, 4.69) is 28.2 Å². The number of nitrogens with two attached hydrogens (primary N) is 1. The summed E-state index contributed by atoms with van der Waals surface area (Å²) in [5.74, 6) is 8.12. The van der Waals surface area contributed by atoms with E-state index in [9.17, 15) is 0 Å². The van der Waals surface area contributed by atoms with Gasteiger partial charge in [-0.2, -0.15) is 0 Å². The van der Waals surface area contributed by atoms with E-state index in [1.165, 1.54) is 49.2 Å². The molecule has 0 amide bonds. The standard InChI is InChI=1S/C16H22N2S/c17-8-1-2-15-7-9-19-16(15)12-18(10-13-3-4-13)11-14-5-6-14/h7,9,13-14H,3-6,8,10-12,17H2. The maximum Gasteiger partial charge on any atom is 0.0555 e. The van der Waals surface area contributed by atoms with Crippen molar-refractivity contribution in [3.63, 3.8) is 0 Å². The van der Waals surface area contributed by atoms with Crippen molar-refractivity contribution in [1.29, 1.82) is 0 Å². The summed E-state index contributed by atoms with van der Waals surface area (Å²) in [6.07, 6.45) is 5.74. The summed E-state index contributed by atoms with van der Waals surface area (Å²) in [5.41, 5.74) is 6.65. The van der Waals surface area contributed by atoms with Crippen molar-refractivity contribution in [3.8, 4) is 11.8 Å². The van der Waals surface area contributed by atoms with Crippen LogP contribution in [0.3, 0.4) is 0 Å². The van der Waals surface area contributed by atoms with Gasteiger partial charge in [0, 0.05) is 30.1 Å². The molecule has 0 saturated heterocycles. The van der Waals surface area contributed by atoms with Crippen LogP contribution in [-0.4, -0.2) is 24.5 Å². The molecular formula is C16H22N2S. The molecule has 0 aromatic carbocycles. The van der Waals surface area contributed by atoms with Crippen LogP contribution in [0.4, 0.5) is 0 Å². The van der Waals surface area contributed by atoms with Crippen LogP contribution >= 0.6 is 11.3 Å². The van der Waals surface area contributed by atoms with Crippen LogP contribution in [0.1, 0.15) is 36.1 Å². The Hall–Kier alpha value is -0.820. The Labute approximate surface area is 120 Å². The third kappa shape index (κ3) is 4.07. The molecule has 2 aliphatic rings. The first kappa shape index (κ1) is 13.2. The van der Waals surface area contributed by atoms with Crippen molar-refractivity contribution in [2.24, 2.45) is 17.6 Å². The summed E-state index contributed by atoms with van der Waals surface area (Å²) in [6.45, 7) is 4.11. The van der Waals surface area contributed by atoms with Gasteiger partial charge in [-0.05, 0) is 49.0 Å². The van der Waals surface area contributed by atoms with Gasteiger partial charge >= 0.3 is 0 Å². The van der Waals surface area contributed by atoms with Gasteiger partial charge in [0.1, 0.15) is 0 Å². The van der Waals surface area contributed by atoms with Crippen LogP contribution in [0.25, 0.3) is 0 Å². The summed E-state index contributed by atoms with van der Waals surface area (Å²) in [5, 5.41) is 2.16. The molecule has 3 heteroatoms. The third-order valence-corrected chi connectivity index (χ3v) is 4.77. The third-order valence-electron chi connectivity index (χ3n) is 3.86. The fourth-order valence-electron chi connectivity index (χ4n) is 2.46. The number of rotatable bonds is 6. The van der Waals surface area contributed by atoms with Crippen molar-refractivity contribution >= 4 is 11.3 Å². The molecule has 1 heterocycles. The van der Waals surface area contributed by atoms with E-state index in [-0.39, 0.29) is 0 Å². The van der Waals surface area contributed by atoms with Gasteiger partial charge in [-0.15, -0.1) is 11.3 Å². The molecule has 19 heavy (non-hydrogen) atoms. The summed E-state index contributed by atoms with van der Waals surface area (Å²) < 4.78 is 0. The Morgan fingerprint density at radius 1 is 1.21 bits per heavy atom. The summed E-state index contributed by atoms with van der Waals surface area (Å²) >= 11 is 1.84. The first-order valence-electron chi connectivity index (χ1n) is 7.33. The second-order valence-electron chi connectivity index (χ2n) is 5.84. The van der Waals surface area contributed by atoms with Gasteiger partial charge < -0.3 is 5.73 Å². The van der Waals surface area contributed by atoms with Gasteiger partial charge in [0.15, 0.2) is 0 Å². The molecule has 1 aromatic rings. The summed E-state index contributed by atoms with van der Waals surface area (Å²) in [7, 11) is 0. The van der Waals surface area contributed by atoms with E-state index in [4.69, 9.17) is 5.73 Å². The van der Waals surface area contributed by atoms with Crippen LogP contribution in [0.2, 0.25) is 0 Å². The van der Waals surface area contributed by atoms with E-state index in [1.54, 1.807) is 0 Å². The molecule has 2 N–H and O–H groups in total. The Bertz CT molecular complexity index is 460. The highest BCUT2D eigenvalue weighted by atomic mass is 32.1. The lowest BCUT2D eigenvalue weighted by Crippen LogP contribution is -2.27. The van der Waals surface area contributed by atoms with Crippen molar-refractivity contribution in [2.75, 3.05) is 19.6 Å². The van der Waals surface area contributed by atoms with Crippen LogP contribution < -0.4 is 5.73 Å². The second-order valence-corrected chi connectivity index (χ2v) is 6.84. The average Bonchev–Trinajstić information content (AvgIpc) is 3.31. The zero-order chi connectivity index (χ0) is 13.1. The van der Waals surface area contributed by atoms with E-state index >= 15 is 0 Å². The van der Waals surface area contributed by atoms with Crippen LogP contribution in [0.15, 0.2) is 11.4 Å². The van der Waals surface area contributed by atoms with Crippen molar-refractivity contribution < 1.29 is 0 Å². The molecule has 2 nitrogen and oxygen atoms in total. The minimum absolute atomic E-state index is 0.448. The molecule has 0 radical (unpaired) electrons. The Kier molecular flexibility index (Phi) is 4.22. The van der Waals surface area contributed by atoms with Gasteiger partial charge in [0.25, 0.3) is 0 Å². The molecular weight excluding hydrogens is 252 g/mol. The van der Waals surface area contributed by atoms with Crippen LogP contribution in [0, 0.1) is 23.7 Å². The second kappa shape index (κ2) is 6.09. The van der Waals surface area contributed by atoms with Gasteiger partial charge in [-0.1, -0.05) is 11.8 Å². The lowest BCUT2D eigenvalue weighted by molar-refractivity contribution is 0.246. The monoisotopic (exact) mass is 274 g/mol. The fraction of sp³-hybridized carbons (Fsp3) is 0.625. The van der Waals surface area contributed by atoms with E-state index in [0.717, 1.165) is 18.4 Å². The number of thiophene rings is 1. The smallest absolute Gasteiger partial charge is 0.0555 e. The summed E-state index contributed by atoms with van der Waals surface area (Å²) in [4.78, 5) is 4.08. The zero-order valence-electron chi connectivity index (χ0n) is 11.4. The lowest BCUT2D eigenvalue weighted by Gasteiger charge is -2.21. The van der Waals surface area contributed by atoms with Gasteiger partial charge in [-0.3, -0.25) is 4.90 Å². The molecule has 0 atom stereocenters. The quantitative estimate of drug-likeness (QED) is 0.808. The SMILES string of the molecule is NCC#Cc1ccsc1CN(CC1CC1)CC1CC1. The summed E-state index contributed by atoms with van der Waals surface area (Å²) in [6, 6.07) is 2.13. The molecule has 2 fully saturated rings. The van der Waals surface area contributed by atoms with E-state index in [1.807, 2.05) is 11.3 Å². The lowest BCUT2D eigenvalue weighted by atomic mass is 10.2. The fourth-order valence-corrected chi connectivity index (χ4v) is 3.33. The molecule has 2 aliphatic carbocycles. The maximum absolute atomic E-state index is 5.46. The number of hydrogen-bond acceptors (Lipinski definition) is 3. The molecule has 0 bridgehead atoms. The van der Waals surface area contributed by atoms with Gasteiger partial charge in [-0.25, -0.2) is 0 Å². The first-order chi connectivity index (χ1) is 9.35. The highest BCUT2D eigenvalue weighted by Gasteiger charge is 2.29. The maximum atomic E-state index is 5.46. The zero-order valence-corrected chi connectivity index (χ0v) is 12.2. The highest BCUT2D eigenvalue weighted by molar-refractivity contribution is 7.10. The molecule has 102 valence electrons. The molecule has 0 spiro atoms. The van der Waals surface area contributed by atoms with Crippen molar-refractivity contribution in [3.05, 3.63) is 21.9 Å². The highest BCUT2D eigenvalue weighted by Crippen LogP contribution is 2.34. The van der Waals surface area contributed by atoms with Crippen LogP contribution in [-0.2, 0) is 6.54 Å². The van der Waals surface area contributed by atoms with Crippen molar-refractivity contribution in [1.82, 2.24) is 4.90 Å². The Balaban J connectivity index is 1.63. The topological polar surface area (TPSA) is 29.3 Å². The van der Waals surface area contributed by atoms with Crippen molar-refractivity contribution in [2.45, 2.75) is 32.2 Å².